The van der Waals surface area contributed by atoms with Crippen LogP contribution in [0.15, 0.2) is 18.2 Å². The second-order valence-corrected chi connectivity index (χ2v) is 7.94. The summed E-state index contributed by atoms with van der Waals surface area (Å²) in [6, 6.07) is 5.32. The van der Waals surface area contributed by atoms with E-state index in [-0.39, 0.29) is 17.7 Å². The van der Waals surface area contributed by atoms with Gasteiger partial charge in [0.05, 0.1) is 5.75 Å². The van der Waals surface area contributed by atoms with Gasteiger partial charge >= 0.3 is 0 Å². The molecular formula is C13H19Cl2NO2S. The summed E-state index contributed by atoms with van der Waals surface area (Å²) in [5, 5.41) is 4.47. The van der Waals surface area contributed by atoms with Crippen molar-refractivity contribution in [2.24, 2.45) is 0 Å². The Hall–Kier alpha value is -0.290. The minimum Gasteiger partial charge on any atom is -0.313 e. The molecule has 0 spiro atoms. The Balaban J connectivity index is 2.63. The fourth-order valence-electron chi connectivity index (χ4n) is 1.97. The predicted molar refractivity (Wildman–Crippen MR) is 82.1 cm³/mol. The van der Waals surface area contributed by atoms with E-state index in [1.165, 1.54) is 6.26 Å². The van der Waals surface area contributed by atoms with Gasteiger partial charge in [-0.3, -0.25) is 0 Å². The maximum absolute atomic E-state index is 11.2. The first-order chi connectivity index (χ1) is 8.70. The Morgan fingerprint density at radius 1 is 1.21 bits per heavy atom. The summed E-state index contributed by atoms with van der Waals surface area (Å²) >= 11 is 12.3. The number of nitrogens with one attached hydrogen (secondary N) is 1. The molecular weight excluding hydrogens is 305 g/mol. The second-order valence-electron chi connectivity index (χ2n) is 4.94. The monoisotopic (exact) mass is 323 g/mol. The first-order valence-corrected chi connectivity index (χ1v) is 8.87. The molecule has 19 heavy (non-hydrogen) atoms. The molecule has 2 atom stereocenters. The molecule has 0 unspecified atom stereocenters. The van der Waals surface area contributed by atoms with Gasteiger partial charge in [-0.2, -0.15) is 0 Å². The lowest BCUT2D eigenvalue weighted by atomic mass is 10.0. The van der Waals surface area contributed by atoms with E-state index in [9.17, 15) is 8.42 Å². The van der Waals surface area contributed by atoms with Crippen LogP contribution < -0.4 is 5.32 Å². The Morgan fingerprint density at radius 3 is 2.21 bits per heavy atom. The summed E-state index contributed by atoms with van der Waals surface area (Å²) in [5.41, 5.74) is 0.893. The lowest BCUT2D eigenvalue weighted by Gasteiger charge is -2.19. The van der Waals surface area contributed by atoms with E-state index >= 15 is 0 Å². The van der Waals surface area contributed by atoms with Crippen molar-refractivity contribution in [3.05, 3.63) is 33.8 Å². The fraction of sp³-hybridized carbons (Fsp3) is 0.538. The van der Waals surface area contributed by atoms with Gasteiger partial charge in [0.15, 0.2) is 0 Å². The van der Waals surface area contributed by atoms with Crippen molar-refractivity contribution in [2.45, 2.75) is 25.8 Å². The SMILES string of the molecule is C[C@H](CS(C)(=O)=O)NC[C@@H](C)c1c(Cl)cccc1Cl. The fourth-order valence-corrected chi connectivity index (χ4v) is 3.77. The third-order valence-electron chi connectivity index (χ3n) is 2.82. The minimum atomic E-state index is -2.97. The Labute approximate surface area is 125 Å². The predicted octanol–water partition coefficient (Wildman–Crippen LogP) is 3.12. The first kappa shape index (κ1) is 16.8. The Bertz CT molecular complexity index is 511. The van der Waals surface area contributed by atoms with Crippen LogP contribution in [0.5, 0.6) is 0 Å². The van der Waals surface area contributed by atoms with Crippen molar-refractivity contribution in [1.82, 2.24) is 5.32 Å². The zero-order valence-corrected chi connectivity index (χ0v) is 13.6. The minimum absolute atomic E-state index is 0.0984. The number of sulfone groups is 1. The van der Waals surface area contributed by atoms with Crippen molar-refractivity contribution in [3.8, 4) is 0 Å². The number of rotatable bonds is 6. The molecule has 6 heteroatoms. The molecule has 0 aliphatic carbocycles. The van der Waals surface area contributed by atoms with Crippen LogP contribution in [0.4, 0.5) is 0 Å². The lowest BCUT2D eigenvalue weighted by Crippen LogP contribution is -2.35. The Kier molecular flexibility index (Phi) is 6.12. The highest BCUT2D eigenvalue weighted by molar-refractivity contribution is 7.90. The third-order valence-corrected chi connectivity index (χ3v) is 4.58. The van der Waals surface area contributed by atoms with E-state index in [0.29, 0.717) is 16.6 Å². The van der Waals surface area contributed by atoms with Gasteiger partial charge in [-0.1, -0.05) is 36.2 Å². The van der Waals surface area contributed by atoms with Gasteiger partial charge in [0.25, 0.3) is 0 Å². The number of hydrogen-bond acceptors (Lipinski definition) is 3. The van der Waals surface area contributed by atoms with E-state index < -0.39 is 9.84 Å². The summed E-state index contributed by atoms with van der Waals surface area (Å²) in [4.78, 5) is 0. The topological polar surface area (TPSA) is 46.2 Å². The van der Waals surface area contributed by atoms with Gasteiger partial charge in [-0.25, -0.2) is 8.42 Å². The lowest BCUT2D eigenvalue weighted by molar-refractivity contribution is 0.536. The van der Waals surface area contributed by atoms with E-state index in [1.807, 2.05) is 13.8 Å². The van der Waals surface area contributed by atoms with Crippen LogP contribution in [-0.2, 0) is 9.84 Å². The van der Waals surface area contributed by atoms with Gasteiger partial charge in [-0.05, 0) is 30.5 Å². The van der Waals surface area contributed by atoms with E-state index in [2.05, 4.69) is 5.32 Å². The molecule has 0 fully saturated rings. The van der Waals surface area contributed by atoms with Crippen molar-refractivity contribution in [2.75, 3.05) is 18.6 Å². The van der Waals surface area contributed by atoms with Crippen LogP contribution in [0.2, 0.25) is 10.0 Å². The van der Waals surface area contributed by atoms with Crippen LogP contribution in [0.3, 0.4) is 0 Å². The molecule has 1 aromatic carbocycles. The average molecular weight is 324 g/mol. The molecule has 0 aromatic heterocycles. The van der Waals surface area contributed by atoms with E-state index in [0.717, 1.165) is 5.56 Å². The zero-order chi connectivity index (χ0) is 14.6. The van der Waals surface area contributed by atoms with Gasteiger partial charge in [0, 0.05) is 28.9 Å². The summed E-state index contributed by atoms with van der Waals surface area (Å²) in [5.74, 6) is 0.235. The third kappa shape index (κ3) is 5.69. The van der Waals surface area contributed by atoms with Crippen LogP contribution >= 0.6 is 23.2 Å². The van der Waals surface area contributed by atoms with Gasteiger partial charge < -0.3 is 5.32 Å². The van der Waals surface area contributed by atoms with E-state index in [1.54, 1.807) is 18.2 Å². The summed E-state index contributed by atoms with van der Waals surface area (Å²) < 4.78 is 22.4. The van der Waals surface area contributed by atoms with Gasteiger partial charge in [-0.15, -0.1) is 0 Å². The van der Waals surface area contributed by atoms with Crippen molar-refractivity contribution >= 4 is 33.0 Å². The van der Waals surface area contributed by atoms with Crippen molar-refractivity contribution < 1.29 is 8.42 Å². The highest BCUT2D eigenvalue weighted by Gasteiger charge is 2.16. The molecule has 1 N–H and O–H groups in total. The summed E-state index contributed by atoms with van der Waals surface area (Å²) in [7, 11) is -2.97. The molecule has 0 heterocycles. The number of benzene rings is 1. The highest BCUT2D eigenvalue weighted by atomic mass is 35.5. The smallest absolute Gasteiger partial charge is 0.148 e. The molecule has 1 rings (SSSR count). The van der Waals surface area contributed by atoms with Crippen LogP contribution in [0.1, 0.15) is 25.3 Å². The van der Waals surface area contributed by atoms with Crippen LogP contribution in [0, 0.1) is 0 Å². The molecule has 3 nitrogen and oxygen atoms in total. The number of halogens is 2. The Morgan fingerprint density at radius 2 is 1.74 bits per heavy atom. The molecule has 108 valence electrons. The van der Waals surface area contributed by atoms with Crippen molar-refractivity contribution in [1.29, 1.82) is 0 Å². The summed E-state index contributed by atoms with van der Waals surface area (Å²) in [6.07, 6.45) is 1.24. The number of hydrogen-bond donors (Lipinski definition) is 1. The quantitative estimate of drug-likeness (QED) is 0.874. The molecule has 0 saturated heterocycles. The average Bonchev–Trinajstić information content (AvgIpc) is 2.23. The normalized spacial score (nSPS) is 15.2. The molecule has 0 amide bonds. The molecule has 0 bridgehead atoms. The van der Waals surface area contributed by atoms with Gasteiger partial charge in [0.2, 0.25) is 0 Å². The molecule has 1 aromatic rings. The van der Waals surface area contributed by atoms with Crippen LogP contribution in [-0.4, -0.2) is 33.0 Å². The standard InChI is InChI=1S/C13H19Cl2NO2S/c1-9(7-16-10(2)8-19(3,17)18)13-11(14)5-4-6-12(13)15/h4-6,9-10,16H,7-8H2,1-3H3/t9-,10-/m1/s1. The maximum atomic E-state index is 11.2. The molecule has 0 aliphatic rings. The van der Waals surface area contributed by atoms with Crippen LogP contribution in [0.25, 0.3) is 0 Å². The van der Waals surface area contributed by atoms with Crippen molar-refractivity contribution in [3.63, 3.8) is 0 Å². The molecule has 0 saturated carbocycles. The summed E-state index contributed by atoms with van der Waals surface area (Å²) in [6.45, 7) is 4.48. The molecule has 0 radical (unpaired) electrons. The first-order valence-electron chi connectivity index (χ1n) is 6.05. The molecule has 0 aliphatic heterocycles. The van der Waals surface area contributed by atoms with E-state index in [4.69, 9.17) is 23.2 Å². The largest absolute Gasteiger partial charge is 0.313 e. The maximum Gasteiger partial charge on any atom is 0.148 e. The highest BCUT2D eigenvalue weighted by Crippen LogP contribution is 2.30. The zero-order valence-electron chi connectivity index (χ0n) is 11.3. The second kappa shape index (κ2) is 6.93. The van der Waals surface area contributed by atoms with Gasteiger partial charge in [0.1, 0.15) is 9.84 Å².